The highest BCUT2D eigenvalue weighted by Crippen LogP contribution is 2.29. The van der Waals surface area contributed by atoms with Crippen LogP contribution in [-0.2, 0) is 22.7 Å². The lowest BCUT2D eigenvalue weighted by Crippen LogP contribution is -2.30. The highest BCUT2D eigenvalue weighted by Gasteiger charge is 2.34. The number of rotatable bonds is 9. The molecule has 2 heterocycles. The Morgan fingerprint density at radius 3 is 2.53 bits per heavy atom. The number of amides is 3. The van der Waals surface area contributed by atoms with Crippen LogP contribution in [-0.4, -0.2) is 48.9 Å². The smallest absolute Gasteiger partial charge is 0.373 e. The highest BCUT2D eigenvalue weighted by atomic mass is 16.6. The Labute approximate surface area is 217 Å². The standard InChI is InChI=1S/C26H24N4O8/c1-28(2)19-9-6-17(23(13-19)37-15-16-4-7-18(8-5-16)30(34)35)12-21-24(31)29(26(33)27-21)14-20-10-11-22(38-20)25(32)36-3/h4-13H,14-15H2,1-3H3,(H,27,33)/b21-12-. The Kier molecular flexibility index (Phi) is 7.42. The van der Waals surface area contributed by atoms with Crippen LogP contribution in [0.15, 0.2) is 64.7 Å². The zero-order valence-electron chi connectivity index (χ0n) is 20.8. The van der Waals surface area contributed by atoms with E-state index in [4.69, 9.17) is 9.15 Å². The first kappa shape index (κ1) is 25.9. The van der Waals surface area contributed by atoms with Crippen molar-refractivity contribution in [3.63, 3.8) is 0 Å². The van der Waals surface area contributed by atoms with Crippen molar-refractivity contribution >= 4 is 35.4 Å². The first-order chi connectivity index (χ1) is 18.2. The summed E-state index contributed by atoms with van der Waals surface area (Å²) in [6, 6.07) is 13.6. The number of ether oxygens (including phenoxy) is 2. The number of esters is 1. The monoisotopic (exact) mass is 520 g/mol. The van der Waals surface area contributed by atoms with Crippen LogP contribution in [0.25, 0.3) is 6.08 Å². The summed E-state index contributed by atoms with van der Waals surface area (Å²) in [5.74, 6) is -0.615. The largest absolute Gasteiger partial charge is 0.488 e. The van der Waals surface area contributed by atoms with Gasteiger partial charge in [-0.1, -0.05) is 0 Å². The predicted molar refractivity (Wildman–Crippen MR) is 135 cm³/mol. The van der Waals surface area contributed by atoms with Gasteiger partial charge in [0.15, 0.2) is 0 Å². The normalized spacial score (nSPS) is 14.0. The number of imide groups is 1. The van der Waals surface area contributed by atoms with E-state index in [0.29, 0.717) is 16.9 Å². The van der Waals surface area contributed by atoms with E-state index < -0.39 is 22.8 Å². The number of hydrogen-bond donors (Lipinski definition) is 1. The molecule has 1 N–H and O–H groups in total. The number of nitro benzene ring substituents is 1. The van der Waals surface area contributed by atoms with Gasteiger partial charge >= 0.3 is 12.0 Å². The van der Waals surface area contributed by atoms with E-state index in [1.165, 1.54) is 37.5 Å². The Morgan fingerprint density at radius 2 is 1.87 bits per heavy atom. The molecule has 38 heavy (non-hydrogen) atoms. The number of carbonyl (C=O) groups is 3. The van der Waals surface area contributed by atoms with Gasteiger partial charge in [-0.2, -0.15) is 0 Å². The lowest BCUT2D eigenvalue weighted by atomic mass is 10.1. The molecule has 12 nitrogen and oxygen atoms in total. The minimum atomic E-state index is -0.670. The van der Waals surface area contributed by atoms with Gasteiger partial charge in [0.1, 0.15) is 23.8 Å². The molecular weight excluding hydrogens is 496 g/mol. The number of nitrogens with one attached hydrogen (secondary N) is 1. The minimum absolute atomic E-state index is 0.0233. The average molecular weight is 520 g/mol. The second-order valence-corrected chi connectivity index (χ2v) is 8.47. The van der Waals surface area contributed by atoms with E-state index in [1.54, 1.807) is 24.3 Å². The number of hydrogen-bond acceptors (Lipinski definition) is 9. The summed E-state index contributed by atoms with van der Waals surface area (Å²) in [5.41, 5.74) is 2.10. The van der Waals surface area contributed by atoms with E-state index >= 15 is 0 Å². The van der Waals surface area contributed by atoms with Gasteiger partial charge in [0.2, 0.25) is 5.76 Å². The molecule has 1 fully saturated rings. The van der Waals surface area contributed by atoms with Crippen molar-refractivity contribution in [2.45, 2.75) is 13.2 Å². The van der Waals surface area contributed by atoms with Crippen molar-refractivity contribution in [2.24, 2.45) is 0 Å². The van der Waals surface area contributed by atoms with Crippen molar-refractivity contribution in [1.82, 2.24) is 10.2 Å². The molecule has 0 saturated carbocycles. The third-order valence-electron chi connectivity index (χ3n) is 5.68. The van der Waals surface area contributed by atoms with Gasteiger partial charge in [0, 0.05) is 43.5 Å². The molecule has 1 aromatic heterocycles. The van der Waals surface area contributed by atoms with Gasteiger partial charge in [0.05, 0.1) is 18.6 Å². The molecule has 0 unspecified atom stereocenters. The summed E-state index contributed by atoms with van der Waals surface area (Å²) in [6.45, 7) is -0.0550. The van der Waals surface area contributed by atoms with Crippen LogP contribution >= 0.6 is 0 Å². The van der Waals surface area contributed by atoms with Crippen molar-refractivity contribution in [1.29, 1.82) is 0 Å². The molecule has 2 aromatic carbocycles. The van der Waals surface area contributed by atoms with E-state index in [1.807, 2.05) is 25.1 Å². The second-order valence-electron chi connectivity index (χ2n) is 8.47. The molecule has 3 amide bonds. The number of nitro groups is 1. The number of methoxy groups -OCH3 is 1. The quantitative estimate of drug-likeness (QED) is 0.147. The summed E-state index contributed by atoms with van der Waals surface area (Å²) in [4.78, 5) is 50.4. The zero-order valence-corrected chi connectivity index (χ0v) is 20.8. The third kappa shape index (κ3) is 5.64. The number of furan rings is 1. The van der Waals surface area contributed by atoms with Gasteiger partial charge in [-0.05, 0) is 48.0 Å². The molecule has 0 atom stereocenters. The van der Waals surface area contributed by atoms with E-state index in [9.17, 15) is 24.5 Å². The lowest BCUT2D eigenvalue weighted by molar-refractivity contribution is -0.384. The van der Waals surface area contributed by atoms with Crippen LogP contribution in [0.1, 0.15) is 27.4 Å². The Balaban J connectivity index is 1.55. The van der Waals surface area contributed by atoms with Crippen LogP contribution in [0.5, 0.6) is 5.75 Å². The fourth-order valence-corrected chi connectivity index (χ4v) is 3.62. The Hall–Kier alpha value is -5.13. The molecule has 1 aliphatic rings. The van der Waals surface area contributed by atoms with Crippen molar-refractivity contribution in [2.75, 3.05) is 26.1 Å². The first-order valence-corrected chi connectivity index (χ1v) is 11.4. The minimum Gasteiger partial charge on any atom is -0.488 e. The topological polar surface area (TPSA) is 144 Å². The summed E-state index contributed by atoms with van der Waals surface area (Å²) >= 11 is 0. The summed E-state index contributed by atoms with van der Waals surface area (Å²) < 4.78 is 16.0. The maximum Gasteiger partial charge on any atom is 0.373 e. The van der Waals surface area contributed by atoms with Crippen LogP contribution in [0.4, 0.5) is 16.2 Å². The maximum atomic E-state index is 13.0. The fraction of sp³-hybridized carbons (Fsp3) is 0.192. The summed E-state index contributed by atoms with van der Waals surface area (Å²) in [5, 5.41) is 13.5. The lowest BCUT2D eigenvalue weighted by Gasteiger charge is -2.16. The van der Waals surface area contributed by atoms with E-state index in [-0.39, 0.29) is 36.1 Å². The average Bonchev–Trinajstić information content (AvgIpc) is 3.48. The molecule has 0 aliphatic carbocycles. The number of carbonyl (C=O) groups excluding carboxylic acids is 3. The van der Waals surface area contributed by atoms with Crippen LogP contribution in [0, 0.1) is 10.1 Å². The van der Waals surface area contributed by atoms with E-state index in [2.05, 4.69) is 10.1 Å². The number of benzene rings is 2. The third-order valence-corrected chi connectivity index (χ3v) is 5.68. The number of non-ortho nitro benzene ring substituents is 1. The molecule has 1 aliphatic heterocycles. The number of nitrogens with zero attached hydrogens (tertiary/aromatic N) is 3. The van der Waals surface area contributed by atoms with Crippen molar-refractivity contribution in [3.05, 3.63) is 93.1 Å². The molecule has 1 saturated heterocycles. The van der Waals surface area contributed by atoms with Crippen LogP contribution in [0.3, 0.4) is 0 Å². The van der Waals surface area contributed by atoms with Gasteiger partial charge in [-0.3, -0.25) is 19.8 Å². The molecule has 12 heteroatoms. The van der Waals surface area contributed by atoms with Gasteiger partial charge in [0.25, 0.3) is 11.6 Å². The SMILES string of the molecule is COC(=O)c1ccc(CN2C(=O)N/C(=C\c3ccc(N(C)C)cc3OCc3ccc([N+](=O)[O-])cc3)C2=O)o1. The molecule has 0 bridgehead atoms. The summed E-state index contributed by atoms with van der Waals surface area (Å²) in [7, 11) is 4.95. The molecule has 0 spiro atoms. The second kappa shape index (κ2) is 10.9. The molecule has 0 radical (unpaired) electrons. The molecule has 3 aromatic rings. The van der Waals surface area contributed by atoms with Gasteiger partial charge in [-0.25, -0.2) is 9.59 Å². The Bertz CT molecular complexity index is 1430. The molecular formula is C26H24N4O8. The van der Waals surface area contributed by atoms with Crippen LogP contribution in [0.2, 0.25) is 0 Å². The summed E-state index contributed by atoms with van der Waals surface area (Å²) in [6.07, 6.45) is 1.51. The molecule has 196 valence electrons. The number of urea groups is 1. The maximum absolute atomic E-state index is 13.0. The van der Waals surface area contributed by atoms with E-state index in [0.717, 1.165) is 10.6 Å². The van der Waals surface area contributed by atoms with Crippen LogP contribution < -0.4 is 15.0 Å². The zero-order chi connectivity index (χ0) is 27.4. The predicted octanol–water partition coefficient (Wildman–Crippen LogP) is 3.71. The van der Waals surface area contributed by atoms with Crippen molar-refractivity contribution in [3.8, 4) is 5.75 Å². The fourth-order valence-electron chi connectivity index (χ4n) is 3.62. The van der Waals surface area contributed by atoms with Crippen molar-refractivity contribution < 1.29 is 33.2 Å². The number of anilines is 1. The Morgan fingerprint density at radius 1 is 1.13 bits per heavy atom. The first-order valence-electron chi connectivity index (χ1n) is 11.4. The van der Waals surface area contributed by atoms with Gasteiger partial charge in [-0.15, -0.1) is 0 Å². The van der Waals surface area contributed by atoms with Gasteiger partial charge < -0.3 is 24.1 Å². The molecule has 4 rings (SSSR count). The highest BCUT2D eigenvalue weighted by molar-refractivity contribution is 6.14.